The smallest absolute Gasteiger partial charge is 0.321 e. The van der Waals surface area contributed by atoms with Gasteiger partial charge in [-0.2, -0.15) is 8.78 Å². The SMILES string of the molecule is [CH2+]C1(C)C(C(=O)[O-])C1c1cccc(C(F)(F)I)c1. The maximum atomic E-state index is 13.2. The van der Waals surface area contributed by atoms with Gasteiger partial charge in [0.2, 0.25) is 0 Å². The van der Waals surface area contributed by atoms with E-state index >= 15 is 0 Å². The van der Waals surface area contributed by atoms with Crippen molar-refractivity contribution in [3.8, 4) is 0 Å². The van der Waals surface area contributed by atoms with Crippen LogP contribution >= 0.6 is 22.6 Å². The zero-order chi connectivity index (χ0) is 13.7. The van der Waals surface area contributed by atoms with Crippen molar-refractivity contribution in [1.82, 2.24) is 0 Å². The van der Waals surface area contributed by atoms with Gasteiger partial charge >= 0.3 is 3.93 Å². The quantitative estimate of drug-likeness (QED) is 0.470. The van der Waals surface area contributed by atoms with Crippen LogP contribution in [0.1, 0.15) is 24.0 Å². The maximum absolute atomic E-state index is 13.2. The predicted octanol–water partition coefficient (Wildman–Crippen LogP) is 2.47. The molecule has 0 aromatic heterocycles. The lowest BCUT2D eigenvalue weighted by molar-refractivity contribution is -0.308. The van der Waals surface area contributed by atoms with E-state index in [1.165, 1.54) is 18.2 Å². The Morgan fingerprint density at radius 3 is 2.61 bits per heavy atom. The average Bonchev–Trinajstić information content (AvgIpc) is 2.81. The average molecular weight is 364 g/mol. The fraction of sp³-hybridized carbons (Fsp3) is 0.385. The van der Waals surface area contributed by atoms with Crippen LogP contribution < -0.4 is 5.11 Å². The molecule has 1 aliphatic carbocycles. The molecule has 1 aliphatic rings. The molecule has 0 bridgehead atoms. The summed E-state index contributed by atoms with van der Waals surface area (Å²) in [5.41, 5.74) is -0.228. The zero-order valence-corrected chi connectivity index (χ0v) is 11.8. The Kier molecular flexibility index (Phi) is 3.08. The molecule has 1 aromatic carbocycles. The molecule has 0 spiro atoms. The van der Waals surface area contributed by atoms with Crippen LogP contribution in [0.4, 0.5) is 8.78 Å². The molecule has 1 fully saturated rings. The van der Waals surface area contributed by atoms with Crippen molar-refractivity contribution >= 4 is 28.6 Å². The van der Waals surface area contributed by atoms with E-state index in [9.17, 15) is 18.7 Å². The van der Waals surface area contributed by atoms with Crippen LogP contribution in [0.3, 0.4) is 0 Å². The first kappa shape index (κ1) is 13.6. The molecular formula is C13H11F2IO2. The lowest BCUT2D eigenvalue weighted by atomic mass is 10.0. The molecule has 0 aliphatic heterocycles. The molecule has 3 unspecified atom stereocenters. The largest absolute Gasteiger partial charge is 0.550 e. The molecule has 1 aromatic rings. The van der Waals surface area contributed by atoms with Crippen molar-refractivity contribution in [2.75, 3.05) is 0 Å². The molecule has 0 heterocycles. The number of carbonyl (C=O) groups excluding carboxylic acids is 1. The third kappa shape index (κ3) is 2.20. The molecule has 0 N–H and O–H groups in total. The lowest BCUT2D eigenvalue weighted by Gasteiger charge is -2.10. The molecule has 96 valence electrons. The number of carboxylic acid groups (broad SMARTS) is 1. The number of rotatable bonds is 3. The summed E-state index contributed by atoms with van der Waals surface area (Å²) in [6.45, 7) is 5.53. The van der Waals surface area contributed by atoms with Gasteiger partial charge in [0.25, 0.3) is 0 Å². The third-order valence-electron chi connectivity index (χ3n) is 3.47. The highest BCUT2D eigenvalue weighted by Gasteiger charge is 2.66. The topological polar surface area (TPSA) is 40.1 Å². The van der Waals surface area contributed by atoms with E-state index in [0.717, 1.165) is 22.6 Å². The van der Waals surface area contributed by atoms with Gasteiger partial charge in [0.15, 0.2) is 0 Å². The summed E-state index contributed by atoms with van der Waals surface area (Å²) in [6.07, 6.45) is 0. The monoisotopic (exact) mass is 364 g/mol. The molecule has 18 heavy (non-hydrogen) atoms. The summed E-state index contributed by atoms with van der Waals surface area (Å²) in [4.78, 5) is 10.9. The molecule has 5 heteroatoms. The van der Waals surface area contributed by atoms with Crippen LogP contribution in [-0.4, -0.2) is 5.97 Å². The van der Waals surface area contributed by atoms with Crippen LogP contribution in [0, 0.1) is 18.3 Å². The number of aliphatic carboxylic acids is 1. The van der Waals surface area contributed by atoms with Crippen molar-refractivity contribution in [3.05, 3.63) is 42.3 Å². The van der Waals surface area contributed by atoms with E-state index in [-0.39, 0.29) is 11.5 Å². The van der Waals surface area contributed by atoms with Crippen LogP contribution in [-0.2, 0) is 8.72 Å². The van der Waals surface area contributed by atoms with Crippen LogP contribution in [0.5, 0.6) is 0 Å². The van der Waals surface area contributed by atoms with Crippen molar-refractivity contribution in [2.24, 2.45) is 11.3 Å². The minimum Gasteiger partial charge on any atom is -0.550 e. The Labute approximate surface area is 118 Å². The Morgan fingerprint density at radius 1 is 1.56 bits per heavy atom. The first-order chi connectivity index (χ1) is 8.15. The zero-order valence-electron chi connectivity index (χ0n) is 9.62. The van der Waals surface area contributed by atoms with E-state index in [4.69, 9.17) is 0 Å². The van der Waals surface area contributed by atoms with Gasteiger partial charge < -0.3 is 9.90 Å². The summed E-state index contributed by atoms with van der Waals surface area (Å²) >= 11 is 1.05. The lowest BCUT2D eigenvalue weighted by Crippen LogP contribution is -2.26. The Hall–Kier alpha value is -0.850. The summed E-state index contributed by atoms with van der Waals surface area (Å²) in [5, 5.41) is 10.9. The van der Waals surface area contributed by atoms with Gasteiger partial charge in [-0.3, -0.25) is 0 Å². The summed E-state index contributed by atoms with van der Waals surface area (Å²) < 4.78 is 23.5. The number of halogens is 3. The van der Waals surface area contributed by atoms with Gasteiger partial charge in [-0.05, 0) is 18.6 Å². The molecule has 3 atom stereocenters. The van der Waals surface area contributed by atoms with Crippen LogP contribution in [0.15, 0.2) is 24.3 Å². The van der Waals surface area contributed by atoms with E-state index < -0.39 is 21.2 Å². The van der Waals surface area contributed by atoms with E-state index in [2.05, 4.69) is 6.92 Å². The molecular weight excluding hydrogens is 353 g/mol. The van der Waals surface area contributed by atoms with Gasteiger partial charge in [0, 0.05) is 34.1 Å². The molecule has 1 saturated carbocycles. The van der Waals surface area contributed by atoms with Crippen LogP contribution in [0.25, 0.3) is 0 Å². The van der Waals surface area contributed by atoms with Gasteiger partial charge in [-0.25, -0.2) is 0 Å². The highest BCUT2D eigenvalue weighted by Crippen LogP contribution is 2.64. The second-order valence-corrected chi connectivity index (χ2v) is 6.26. The first-order valence-electron chi connectivity index (χ1n) is 5.39. The van der Waals surface area contributed by atoms with Gasteiger partial charge in [-0.1, -0.05) is 18.2 Å². The minimum atomic E-state index is -2.96. The number of benzene rings is 1. The number of carboxylic acids is 1. The standard InChI is InChI=1S/C13H11F2IO2/c1-12(2)9(10(12)11(17)18)7-4-3-5-8(6-7)13(14,15)16/h3-6,9-10H,1H2,2H3. The second-order valence-electron chi connectivity index (χ2n) is 4.90. The van der Waals surface area contributed by atoms with E-state index in [0.29, 0.717) is 5.56 Å². The summed E-state index contributed by atoms with van der Waals surface area (Å²) in [7, 11) is 0. The Morgan fingerprint density at radius 2 is 2.17 bits per heavy atom. The highest BCUT2D eigenvalue weighted by molar-refractivity contribution is 14.1. The molecule has 0 radical (unpaired) electrons. The highest BCUT2D eigenvalue weighted by atomic mass is 127. The molecule has 0 saturated heterocycles. The molecule has 0 amide bonds. The number of carbonyl (C=O) groups is 1. The van der Waals surface area contributed by atoms with Crippen LogP contribution in [0.2, 0.25) is 0 Å². The second kappa shape index (κ2) is 4.08. The summed E-state index contributed by atoms with van der Waals surface area (Å²) in [6, 6.07) is 5.84. The Bertz CT molecular complexity index is 494. The van der Waals surface area contributed by atoms with Crippen molar-refractivity contribution in [2.45, 2.75) is 16.8 Å². The maximum Gasteiger partial charge on any atom is 0.321 e. The number of hydrogen-bond acceptors (Lipinski definition) is 2. The van der Waals surface area contributed by atoms with Gasteiger partial charge in [0.05, 0.1) is 18.8 Å². The van der Waals surface area contributed by atoms with Crippen molar-refractivity contribution < 1.29 is 18.7 Å². The first-order valence-corrected chi connectivity index (χ1v) is 6.47. The number of hydrogen-bond donors (Lipinski definition) is 0. The van der Waals surface area contributed by atoms with E-state index in [1.807, 2.05) is 0 Å². The van der Waals surface area contributed by atoms with Crippen molar-refractivity contribution in [1.29, 1.82) is 0 Å². The van der Waals surface area contributed by atoms with Crippen molar-refractivity contribution in [3.63, 3.8) is 0 Å². The normalized spacial score (nSPS) is 31.1. The van der Waals surface area contributed by atoms with E-state index in [1.54, 1.807) is 13.0 Å². The molecule has 2 rings (SSSR count). The van der Waals surface area contributed by atoms with Gasteiger partial charge in [0.1, 0.15) is 5.41 Å². The minimum absolute atomic E-state index is 0.125. The number of alkyl halides is 3. The Balaban J connectivity index is 2.34. The fourth-order valence-electron chi connectivity index (χ4n) is 2.45. The fourth-order valence-corrected chi connectivity index (χ4v) is 2.79. The summed E-state index contributed by atoms with van der Waals surface area (Å²) in [5.74, 6) is -2.25. The predicted molar refractivity (Wildman–Crippen MR) is 69.1 cm³/mol. The molecule has 2 nitrogen and oxygen atoms in total. The third-order valence-corrected chi connectivity index (χ3v) is 4.09. The van der Waals surface area contributed by atoms with Gasteiger partial charge in [-0.15, -0.1) is 0 Å².